The molecule has 0 bridgehead atoms. The molecule has 3 nitrogen and oxygen atoms in total. The zero-order chi connectivity index (χ0) is 15.5. The van der Waals surface area contributed by atoms with E-state index in [0.717, 1.165) is 29.3 Å². The summed E-state index contributed by atoms with van der Waals surface area (Å²) >= 11 is 1.95. The normalized spacial score (nSPS) is 22.8. The van der Waals surface area contributed by atoms with Crippen LogP contribution in [0.2, 0.25) is 0 Å². The molecular weight excluding hydrogens is 280 g/mol. The third-order valence-electron chi connectivity index (χ3n) is 4.54. The van der Waals surface area contributed by atoms with E-state index < -0.39 is 5.41 Å². The van der Waals surface area contributed by atoms with Crippen LogP contribution in [0.1, 0.15) is 45.1 Å². The highest BCUT2D eigenvalue weighted by Crippen LogP contribution is 2.29. The van der Waals surface area contributed by atoms with Gasteiger partial charge < -0.3 is 11.1 Å². The molecule has 1 aliphatic carbocycles. The molecule has 2 rings (SSSR count). The number of hydrogen-bond acceptors (Lipinski definition) is 3. The van der Waals surface area contributed by atoms with Gasteiger partial charge in [-0.2, -0.15) is 11.8 Å². The predicted molar refractivity (Wildman–Crippen MR) is 91.6 cm³/mol. The molecule has 0 atom stereocenters. The fraction of sp³-hybridized carbons (Fsp3) is 0.588. The minimum absolute atomic E-state index is 0.111. The summed E-state index contributed by atoms with van der Waals surface area (Å²) in [5.41, 5.74) is 6.93. The Bertz CT molecular complexity index is 476. The van der Waals surface area contributed by atoms with Gasteiger partial charge >= 0.3 is 0 Å². The van der Waals surface area contributed by atoms with Crippen molar-refractivity contribution < 1.29 is 4.79 Å². The van der Waals surface area contributed by atoms with Gasteiger partial charge in [0.1, 0.15) is 0 Å². The number of thioether (sulfide) groups is 1. The Morgan fingerprint density at radius 3 is 2.29 bits per heavy atom. The Morgan fingerprint density at radius 2 is 1.76 bits per heavy atom. The van der Waals surface area contributed by atoms with Gasteiger partial charge in [-0.15, -0.1) is 0 Å². The highest BCUT2D eigenvalue weighted by molar-refractivity contribution is 7.99. The maximum atomic E-state index is 12.6. The van der Waals surface area contributed by atoms with Crippen molar-refractivity contribution in [1.29, 1.82) is 0 Å². The molecule has 1 aromatic carbocycles. The van der Waals surface area contributed by atoms with Gasteiger partial charge in [-0.1, -0.05) is 12.1 Å². The summed E-state index contributed by atoms with van der Waals surface area (Å²) in [5.74, 6) is 0.111. The number of hydrogen-bond donors (Lipinski definition) is 2. The fourth-order valence-corrected chi connectivity index (χ4v) is 3.58. The van der Waals surface area contributed by atoms with Crippen molar-refractivity contribution in [3.05, 3.63) is 29.8 Å². The summed E-state index contributed by atoms with van der Waals surface area (Å²) in [5, 5.41) is 4.00. The number of carbonyl (C=O) groups is 1. The van der Waals surface area contributed by atoms with Crippen LogP contribution in [-0.2, 0) is 10.2 Å². The molecule has 0 unspecified atom stereocenters. The van der Waals surface area contributed by atoms with E-state index in [-0.39, 0.29) is 5.91 Å². The first-order valence-corrected chi connectivity index (χ1v) is 8.92. The van der Waals surface area contributed by atoms with Gasteiger partial charge in [-0.25, -0.2) is 0 Å². The maximum absolute atomic E-state index is 12.6. The lowest BCUT2D eigenvalue weighted by Crippen LogP contribution is -2.46. The zero-order valence-electron chi connectivity index (χ0n) is 13.2. The molecule has 0 aliphatic heterocycles. The number of benzene rings is 1. The van der Waals surface area contributed by atoms with Crippen LogP contribution in [0.5, 0.6) is 0 Å². The summed E-state index contributed by atoms with van der Waals surface area (Å²) in [7, 11) is 0. The summed E-state index contributed by atoms with van der Waals surface area (Å²) in [6.45, 7) is 3.95. The van der Waals surface area contributed by atoms with Crippen LogP contribution in [0.3, 0.4) is 0 Å². The monoisotopic (exact) mass is 306 g/mol. The minimum atomic E-state index is -0.524. The van der Waals surface area contributed by atoms with Crippen molar-refractivity contribution in [2.75, 3.05) is 12.0 Å². The number of anilines is 1. The van der Waals surface area contributed by atoms with E-state index in [2.05, 4.69) is 11.6 Å². The number of rotatable bonds is 4. The summed E-state index contributed by atoms with van der Waals surface area (Å²) < 4.78 is 0. The largest absolute Gasteiger partial charge is 0.399 e. The molecule has 3 N–H and O–H groups in total. The first-order chi connectivity index (χ1) is 9.93. The lowest BCUT2D eigenvalue weighted by molar-refractivity contribution is -0.126. The number of carbonyl (C=O) groups excluding carboxylic acids is 1. The van der Waals surface area contributed by atoms with E-state index in [1.54, 1.807) is 0 Å². The molecular formula is C17H26N2OS. The van der Waals surface area contributed by atoms with Crippen LogP contribution in [0.25, 0.3) is 0 Å². The molecule has 1 aliphatic rings. The standard InChI is InChI=1S/C17H26N2OS/c1-17(2,12-4-6-13(18)7-5-12)16(20)19-14-8-10-15(21-3)11-9-14/h4-7,14-15H,8-11,18H2,1-3H3,(H,19,20). The molecule has 116 valence electrons. The topological polar surface area (TPSA) is 55.1 Å². The number of nitrogen functional groups attached to an aromatic ring is 1. The lowest BCUT2D eigenvalue weighted by atomic mass is 9.83. The van der Waals surface area contributed by atoms with Crippen molar-refractivity contribution in [3.8, 4) is 0 Å². The highest BCUT2D eigenvalue weighted by Gasteiger charge is 2.32. The Morgan fingerprint density at radius 1 is 1.19 bits per heavy atom. The Balaban J connectivity index is 1.97. The van der Waals surface area contributed by atoms with Gasteiger partial charge in [0.2, 0.25) is 5.91 Å². The van der Waals surface area contributed by atoms with Gasteiger partial charge in [-0.3, -0.25) is 4.79 Å². The predicted octanol–water partition coefficient (Wildman–Crippen LogP) is 3.34. The van der Waals surface area contributed by atoms with E-state index in [1.165, 1.54) is 12.8 Å². The molecule has 1 fully saturated rings. The second kappa shape index (κ2) is 6.73. The smallest absolute Gasteiger partial charge is 0.230 e. The number of nitrogens with one attached hydrogen (secondary N) is 1. The van der Waals surface area contributed by atoms with E-state index >= 15 is 0 Å². The number of amides is 1. The van der Waals surface area contributed by atoms with E-state index in [9.17, 15) is 4.79 Å². The minimum Gasteiger partial charge on any atom is -0.399 e. The van der Waals surface area contributed by atoms with Crippen LogP contribution in [-0.4, -0.2) is 23.5 Å². The Hall–Kier alpha value is -1.16. The molecule has 0 aromatic heterocycles. The van der Waals surface area contributed by atoms with Crippen molar-refractivity contribution in [2.45, 2.75) is 56.2 Å². The average Bonchev–Trinajstić information content (AvgIpc) is 2.48. The molecule has 0 heterocycles. The first kappa shape index (κ1) is 16.2. The lowest BCUT2D eigenvalue weighted by Gasteiger charge is -2.32. The molecule has 1 saturated carbocycles. The summed E-state index contributed by atoms with van der Waals surface area (Å²) in [4.78, 5) is 12.6. The van der Waals surface area contributed by atoms with Gasteiger partial charge in [0.25, 0.3) is 0 Å². The third kappa shape index (κ3) is 3.94. The molecule has 1 amide bonds. The van der Waals surface area contributed by atoms with Gasteiger partial charge in [0, 0.05) is 17.0 Å². The summed E-state index contributed by atoms with van der Waals surface area (Å²) in [6, 6.07) is 7.93. The SMILES string of the molecule is CSC1CCC(NC(=O)C(C)(C)c2ccc(N)cc2)CC1. The molecule has 0 saturated heterocycles. The Labute approximate surface area is 132 Å². The second-order valence-corrected chi connectivity index (χ2v) is 7.57. The zero-order valence-corrected chi connectivity index (χ0v) is 14.0. The van der Waals surface area contributed by atoms with E-state index in [1.807, 2.05) is 49.9 Å². The van der Waals surface area contributed by atoms with Gasteiger partial charge in [0.05, 0.1) is 5.41 Å². The average molecular weight is 306 g/mol. The molecule has 0 spiro atoms. The van der Waals surface area contributed by atoms with Crippen LogP contribution in [0, 0.1) is 0 Å². The number of nitrogens with two attached hydrogens (primary N) is 1. The van der Waals surface area contributed by atoms with E-state index in [4.69, 9.17) is 5.73 Å². The molecule has 4 heteroatoms. The van der Waals surface area contributed by atoms with Gasteiger partial charge in [0.15, 0.2) is 0 Å². The molecule has 1 aromatic rings. The van der Waals surface area contributed by atoms with Crippen molar-refractivity contribution >= 4 is 23.4 Å². The van der Waals surface area contributed by atoms with E-state index in [0.29, 0.717) is 6.04 Å². The van der Waals surface area contributed by atoms with Crippen LogP contribution in [0.4, 0.5) is 5.69 Å². The second-order valence-electron chi connectivity index (χ2n) is 6.43. The molecule has 0 radical (unpaired) electrons. The maximum Gasteiger partial charge on any atom is 0.230 e. The highest BCUT2D eigenvalue weighted by atomic mass is 32.2. The van der Waals surface area contributed by atoms with Crippen LogP contribution >= 0.6 is 11.8 Å². The van der Waals surface area contributed by atoms with Crippen molar-refractivity contribution in [3.63, 3.8) is 0 Å². The summed E-state index contributed by atoms with van der Waals surface area (Å²) in [6.07, 6.45) is 6.76. The quantitative estimate of drug-likeness (QED) is 0.839. The third-order valence-corrected chi connectivity index (χ3v) is 5.68. The van der Waals surface area contributed by atoms with Crippen molar-refractivity contribution in [1.82, 2.24) is 5.32 Å². The van der Waals surface area contributed by atoms with Crippen LogP contribution < -0.4 is 11.1 Å². The fourth-order valence-electron chi connectivity index (χ4n) is 2.84. The Kier molecular flexibility index (Phi) is 5.20. The van der Waals surface area contributed by atoms with Crippen LogP contribution in [0.15, 0.2) is 24.3 Å². The molecule has 21 heavy (non-hydrogen) atoms. The van der Waals surface area contributed by atoms with Gasteiger partial charge in [-0.05, 0) is 63.5 Å². The first-order valence-electron chi connectivity index (χ1n) is 7.63. The van der Waals surface area contributed by atoms with Crippen molar-refractivity contribution in [2.24, 2.45) is 0 Å².